The summed E-state index contributed by atoms with van der Waals surface area (Å²) in [6.07, 6.45) is 1.24. The van der Waals surface area contributed by atoms with Crippen molar-refractivity contribution in [2.75, 3.05) is 39.6 Å². The van der Waals surface area contributed by atoms with E-state index in [9.17, 15) is 9.59 Å². The van der Waals surface area contributed by atoms with Crippen LogP contribution in [0.2, 0.25) is 5.02 Å². The molecule has 1 aliphatic rings. The summed E-state index contributed by atoms with van der Waals surface area (Å²) in [5, 5.41) is 12.0. The van der Waals surface area contributed by atoms with Crippen LogP contribution in [0.5, 0.6) is 5.75 Å². The normalized spacial score (nSPS) is 20.3. The highest BCUT2D eigenvalue weighted by atomic mass is 35.5. The molecule has 1 aliphatic heterocycles. The zero-order valence-electron chi connectivity index (χ0n) is 15.5. The van der Waals surface area contributed by atoms with Crippen LogP contribution in [0.3, 0.4) is 0 Å². The van der Waals surface area contributed by atoms with Gasteiger partial charge in [-0.25, -0.2) is 0 Å². The molecule has 9 heteroatoms. The number of nitrogens with two attached hydrogens (primary N) is 1. The van der Waals surface area contributed by atoms with Gasteiger partial charge in [0.2, 0.25) is 0 Å². The molecule has 1 aromatic carbocycles. The number of hydrogen-bond donors (Lipinski definition) is 3. The van der Waals surface area contributed by atoms with Crippen LogP contribution in [0.4, 0.5) is 5.69 Å². The standard InChI is InChI=1S/C18H26ClN3O5/c1-26-15-9-13(20)12(19)8-11(15)18(25)21-14-5-7-22(10-16(14)27-2)6-3-4-17(23)24/h8-9,14,16H,3-7,10,20H2,1-2H3,(H,21,25)(H,23,24)/t14-,16+/m0/s1. The molecule has 2 atom stereocenters. The number of amides is 1. The highest BCUT2D eigenvalue weighted by Crippen LogP contribution is 2.29. The number of hydrogen-bond acceptors (Lipinski definition) is 6. The lowest BCUT2D eigenvalue weighted by molar-refractivity contribution is -0.137. The predicted molar refractivity (Wildman–Crippen MR) is 102 cm³/mol. The molecule has 1 amide bonds. The summed E-state index contributed by atoms with van der Waals surface area (Å²) >= 11 is 6.04. The van der Waals surface area contributed by atoms with Crippen LogP contribution in [0.1, 0.15) is 29.6 Å². The molecule has 4 N–H and O–H groups in total. The second-order valence-corrected chi connectivity index (χ2v) is 6.92. The average molecular weight is 400 g/mol. The first kappa shape index (κ1) is 21.3. The Bertz CT molecular complexity index is 685. The number of carbonyl (C=O) groups is 2. The molecule has 1 heterocycles. The molecule has 0 aliphatic carbocycles. The number of aliphatic carboxylic acids is 1. The van der Waals surface area contributed by atoms with Crippen LogP contribution in [0.25, 0.3) is 0 Å². The SMILES string of the molecule is COc1cc(N)c(Cl)cc1C(=O)N[C@H]1CCN(CCCC(=O)O)C[C@H]1OC. The van der Waals surface area contributed by atoms with Gasteiger partial charge < -0.3 is 30.5 Å². The maximum Gasteiger partial charge on any atom is 0.303 e. The molecule has 0 radical (unpaired) electrons. The Kier molecular flexibility index (Phi) is 7.70. The monoisotopic (exact) mass is 399 g/mol. The molecule has 1 saturated heterocycles. The molecule has 150 valence electrons. The van der Waals surface area contributed by atoms with Crippen molar-refractivity contribution in [3.63, 3.8) is 0 Å². The third-order valence-corrected chi connectivity index (χ3v) is 5.02. The number of ether oxygens (including phenoxy) is 2. The fraction of sp³-hybridized carbons (Fsp3) is 0.556. The van der Waals surface area contributed by atoms with E-state index in [1.165, 1.54) is 19.2 Å². The maximum atomic E-state index is 12.7. The van der Waals surface area contributed by atoms with Crippen molar-refractivity contribution in [2.24, 2.45) is 0 Å². The van der Waals surface area contributed by atoms with E-state index < -0.39 is 5.97 Å². The second kappa shape index (κ2) is 9.77. The number of nitrogens with one attached hydrogen (secondary N) is 1. The molecular formula is C18H26ClN3O5. The van der Waals surface area contributed by atoms with Gasteiger partial charge in [0.15, 0.2) is 0 Å². The zero-order chi connectivity index (χ0) is 20.0. The first-order valence-corrected chi connectivity index (χ1v) is 9.14. The van der Waals surface area contributed by atoms with E-state index in [1.807, 2.05) is 0 Å². The van der Waals surface area contributed by atoms with E-state index in [-0.39, 0.29) is 29.5 Å². The Morgan fingerprint density at radius 1 is 1.41 bits per heavy atom. The quantitative estimate of drug-likeness (QED) is 0.569. The summed E-state index contributed by atoms with van der Waals surface area (Å²) in [5.74, 6) is -0.744. The van der Waals surface area contributed by atoms with E-state index in [1.54, 1.807) is 7.11 Å². The first-order chi connectivity index (χ1) is 12.8. The third kappa shape index (κ3) is 5.72. The minimum Gasteiger partial charge on any atom is -0.496 e. The smallest absolute Gasteiger partial charge is 0.303 e. The molecule has 0 unspecified atom stereocenters. The highest BCUT2D eigenvalue weighted by Gasteiger charge is 2.31. The number of likely N-dealkylation sites (tertiary alicyclic amines) is 1. The van der Waals surface area contributed by atoms with E-state index in [0.29, 0.717) is 42.9 Å². The summed E-state index contributed by atoms with van der Waals surface area (Å²) in [6, 6.07) is 2.85. The molecule has 1 fully saturated rings. The number of nitrogen functional groups attached to an aromatic ring is 1. The minimum atomic E-state index is -0.795. The molecule has 0 saturated carbocycles. The summed E-state index contributed by atoms with van der Waals surface area (Å²) in [5.41, 5.74) is 6.42. The van der Waals surface area contributed by atoms with Gasteiger partial charge in [0.05, 0.1) is 35.5 Å². The Morgan fingerprint density at radius 2 is 2.15 bits per heavy atom. The van der Waals surface area contributed by atoms with Crippen LogP contribution in [-0.4, -0.2) is 67.9 Å². The number of benzene rings is 1. The van der Waals surface area contributed by atoms with Crippen LogP contribution in [0.15, 0.2) is 12.1 Å². The number of carbonyl (C=O) groups excluding carboxylic acids is 1. The minimum absolute atomic E-state index is 0.145. The molecule has 0 bridgehead atoms. The van der Waals surface area contributed by atoms with Crippen molar-refractivity contribution in [3.05, 3.63) is 22.7 Å². The van der Waals surface area contributed by atoms with Crippen LogP contribution in [-0.2, 0) is 9.53 Å². The van der Waals surface area contributed by atoms with Gasteiger partial charge in [0.1, 0.15) is 5.75 Å². The fourth-order valence-electron chi connectivity index (χ4n) is 3.20. The van der Waals surface area contributed by atoms with Gasteiger partial charge in [-0.2, -0.15) is 0 Å². The van der Waals surface area contributed by atoms with Gasteiger partial charge in [-0.05, 0) is 25.5 Å². The van der Waals surface area contributed by atoms with Crippen LogP contribution in [0, 0.1) is 0 Å². The van der Waals surface area contributed by atoms with Gasteiger partial charge in [0.25, 0.3) is 5.91 Å². The average Bonchev–Trinajstić information content (AvgIpc) is 2.64. The van der Waals surface area contributed by atoms with Crippen LogP contribution < -0.4 is 15.8 Å². The van der Waals surface area contributed by atoms with Gasteiger partial charge in [0, 0.05) is 32.7 Å². The second-order valence-electron chi connectivity index (χ2n) is 6.51. The summed E-state index contributed by atoms with van der Waals surface area (Å²) in [6.45, 7) is 2.07. The number of methoxy groups -OCH3 is 2. The Labute approximate surface area is 163 Å². The summed E-state index contributed by atoms with van der Waals surface area (Å²) in [7, 11) is 3.07. The van der Waals surface area contributed by atoms with Crippen molar-refractivity contribution >= 4 is 29.2 Å². The van der Waals surface area contributed by atoms with E-state index in [2.05, 4.69) is 10.2 Å². The lowest BCUT2D eigenvalue weighted by Crippen LogP contribution is -2.54. The largest absolute Gasteiger partial charge is 0.496 e. The first-order valence-electron chi connectivity index (χ1n) is 8.76. The van der Waals surface area contributed by atoms with Crippen molar-refractivity contribution in [1.29, 1.82) is 0 Å². The summed E-state index contributed by atoms with van der Waals surface area (Å²) in [4.78, 5) is 25.5. The molecule has 0 aromatic heterocycles. The van der Waals surface area contributed by atoms with Crippen molar-refractivity contribution in [2.45, 2.75) is 31.4 Å². The van der Waals surface area contributed by atoms with Crippen molar-refractivity contribution < 1.29 is 24.2 Å². The molecule has 27 heavy (non-hydrogen) atoms. The molecular weight excluding hydrogens is 374 g/mol. The molecule has 1 aromatic rings. The Morgan fingerprint density at radius 3 is 2.78 bits per heavy atom. The van der Waals surface area contributed by atoms with Crippen molar-refractivity contribution in [3.8, 4) is 5.75 Å². The number of carboxylic acid groups (broad SMARTS) is 1. The Hall–Kier alpha value is -2.03. The maximum absolute atomic E-state index is 12.7. The van der Waals surface area contributed by atoms with Gasteiger partial charge >= 0.3 is 5.97 Å². The number of anilines is 1. The van der Waals surface area contributed by atoms with Gasteiger partial charge in [-0.15, -0.1) is 0 Å². The molecule has 0 spiro atoms. The number of carboxylic acids is 1. The predicted octanol–water partition coefficient (Wildman–Crippen LogP) is 1.61. The lowest BCUT2D eigenvalue weighted by Gasteiger charge is -2.38. The number of rotatable bonds is 8. The van der Waals surface area contributed by atoms with Crippen LogP contribution >= 0.6 is 11.6 Å². The lowest BCUT2D eigenvalue weighted by atomic mass is 10.0. The van der Waals surface area contributed by atoms with Gasteiger partial charge in [-0.3, -0.25) is 9.59 Å². The highest BCUT2D eigenvalue weighted by molar-refractivity contribution is 6.33. The summed E-state index contributed by atoms with van der Waals surface area (Å²) < 4.78 is 10.8. The number of nitrogens with zero attached hydrogens (tertiary/aromatic N) is 1. The van der Waals surface area contributed by atoms with E-state index >= 15 is 0 Å². The fourth-order valence-corrected chi connectivity index (χ4v) is 3.37. The molecule has 8 nitrogen and oxygen atoms in total. The van der Waals surface area contributed by atoms with Gasteiger partial charge in [-0.1, -0.05) is 11.6 Å². The number of piperidine rings is 1. The topological polar surface area (TPSA) is 114 Å². The zero-order valence-corrected chi connectivity index (χ0v) is 16.3. The Balaban J connectivity index is 2.00. The third-order valence-electron chi connectivity index (χ3n) is 4.69. The number of halogens is 1. The van der Waals surface area contributed by atoms with E-state index in [4.69, 9.17) is 31.9 Å². The van der Waals surface area contributed by atoms with Crippen molar-refractivity contribution in [1.82, 2.24) is 10.2 Å². The molecule has 2 rings (SSSR count). The van der Waals surface area contributed by atoms with E-state index in [0.717, 1.165) is 6.54 Å².